The van der Waals surface area contributed by atoms with Crippen molar-refractivity contribution in [3.05, 3.63) is 0 Å². The summed E-state index contributed by atoms with van der Waals surface area (Å²) in [6, 6.07) is 0. The van der Waals surface area contributed by atoms with Gasteiger partial charge in [-0.3, -0.25) is 4.79 Å². The van der Waals surface area contributed by atoms with E-state index in [1.165, 1.54) is 18.2 Å². The lowest BCUT2D eigenvalue weighted by Gasteiger charge is -2.35. The number of carbonyl (C=O) groups excluding carboxylic acids is 1. The molecule has 4 heteroatoms. The van der Waals surface area contributed by atoms with Gasteiger partial charge in [0.25, 0.3) is 0 Å². The predicted molar refractivity (Wildman–Crippen MR) is 64.0 cm³/mol. The number of aliphatic hydroxyl groups is 1. The first-order valence-corrected chi connectivity index (χ1v) is 6.93. The third kappa shape index (κ3) is 4.43. The molecule has 2 unspecified atom stereocenters. The highest BCUT2D eigenvalue weighted by Crippen LogP contribution is 2.31. The zero-order chi connectivity index (χ0) is 11.3. The van der Waals surface area contributed by atoms with E-state index in [4.69, 9.17) is 0 Å². The molecule has 0 saturated heterocycles. The summed E-state index contributed by atoms with van der Waals surface area (Å²) in [6.45, 7) is 2.57. The summed E-state index contributed by atoms with van der Waals surface area (Å²) in [7, 11) is 0. The predicted octanol–water partition coefficient (Wildman–Crippen LogP) is 1.41. The summed E-state index contributed by atoms with van der Waals surface area (Å²) in [5.41, 5.74) is -0.661. The molecule has 1 amide bonds. The Labute approximate surface area is 96.0 Å². The number of hydrogen-bond acceptors (Lipinski definition) is 3. The maximum absolute atomic E-state index is 11.3. The monoisotopic (exact) mass is 231 g/mol. The first-order chi connectivity index (χ1) is 7.06. The van der Waals surface area contributed by atoms with Crippen molar-refractivity contribution in [1.29, 1.82) is 0 Å². The van der Waals surface area contributed by atoms with Crippen LogP contribution in [0.2, 0.25) is 0 Å². The molecule has 0 spiro atoms. The molecule has 1 rings (SSSR count). The molecule has 15 heavy (non-hydrogen) atoms. The second-order valence-corrected chi connectivity index (χ2v) is 5.50. The van der Waals surface area contributed by atoms with E-state index in [1.807, 2.05) is 6.26 Å². The Morgan fingerprint density at radius 1 is 1.67 bits per heavy atom. The minimum Gasteiger partial charge on any atom is -0.388 e. The van der Waals surface area contributed by atoms with E-state index in [1.54, 1.807) is 0 Å². The molecule has 2 N–H and O–H groups in total. The van der Waals surface area contributed by atoms with E-state index < -0.39 is 5.60 Å². The third-order valence-electron chi connectivity index (χ3n) is 2.96. The first-order valence-electron chi connectivity index (χ1n) is 5.54. The largest absolute Gasteiger partial charge is 0.388 e. The van der Waals surface area contributed by atoms with E-state index in [0.29, 0.717) is 18.2 Å². The zero-order valence-corrected chi connectivity index (χ0v) is 10.4. The smallest absolute Gasteiger partial charge is 0.230 e. The van der Waals surface area contributed by atoms with Crippen LogP contribution in [0.25, 0.3) is 0 Å². The second kappa shape index (κ2) is 5.75. The fraction of sp³-hybridized carbons (Fsp3) is 0.909. The van der Waals surface area contributed by atoms with Crippen molar-refractivity contribution in [3.63, 3.8) is 0 Å². The van der Waals surface area contributed by atoms with Crippen LogP contribution in [0.5, 0.6) is 0 Å². The molecule has 0 heterocycles. The number of thioether (sulfide) groups is 1. The van der Waals surface area contributed by atoms with Crippen LogP contribution < -0.4 is 5.32 Å². The van der Waals surface area contributed by atoms with Gasteiger partial charge >= 0.3 is 0 Å². The minimum atomic E-state index is -0.661. The van der Waals surface area contributed by atoms with E-state index in [2.05, 4.69) is 12.2 Å². The minimum absolute atomic E-state index is 0.0224. The van der Waals surface area contributed by atoms with Gasteiger partial charge in [-0.2, -0.15) is 11.8 Å². The van der Waals surface area contributed by atoms with Gasteiger partial charge in [0.1, 0.15) is 0 Å². The molecule has 3 nitrogen and oxygen atoms in total. The molecule has 88 valence electrons. The van der Waals surface area contributed by atoms with Gasteiger partial charge in [-0.1, -0.05) is 19.8 Å². The Kier molecular flexibility index (Phi) is 4.93. The van der Waals surface area contributed by atoms with Crippen LogP contribution in [0, 0.1) is 5.92 Å². The lowest BCUT2D eigenvalue weighted by Crippen LogP contribution is -2.46. The number of amides is 1. The Balaban J connectivity index is 2.32. The maximum Gasteiger partial charge on any atom is 0.230 e. The summed E-state index contributed by atoms with van der Waals surface area (Å²) in [4.78, 5) is 11.3. The van der Waals surface area contributed by atoms with Crippen LogP contribution >= 0.6 is 11.8 Å². The maximum atomic E-state index is 11.3. The van der Waals surface area contributed by atoms with Crippen molar-refractivity contribution < 1.29 is 9.90 Å². The van der Waals surface area contributed by atoms with Crippen molar-refractivity contribution in [3.8, 4) is 0 Å². The molecule has 0 aliphatic heterocycles. The lowest BCUT2D eigenvalue weighted by atomic mass is 9.79. The summed E-state index contributed by atoms with van der Waals surface area (Å²) in [6.07, 6.45) is 5.79. The molecule has 0 aromatic heterocycles. The molecule has 1 saturated carbocycles. The SMILES string of the molecule is CSCC(=O)NCC1(O)CCCC(C)C1. The quantitative estimate of drug-likeness (QED) is 0.769. The van der Waals surface area contributed by atoms with Gasteiger partial charge in [0, 0.05) is 6.54 Å². The molecule has 1 aliphatic rings. The number of hydrogen-bond donors (Lipinski definition) is 2. The normalized spacial score (nSPS) is 31.3. The fourth-order valence-electron chi connectivity index (χ4n) is 2.24. The highest BCUT2D eigenvalue weighted by Gasteiger charge is 2.32. The van der Waals surface area contributed by atoms with Gasteiger partial charge in [-0.15, -0.1) is 0 Å². The molecule has 0 aromatic rings. The van der Waals surface area contributed by atoms with E-state index in [9.17, 15) is 9.90 Å². The average Bonchev–Trinajstić information content (AvgIpc) is 2.15. The number of carbonyl (C=O) groups is 1. The number of rotatable bonds is 4. The van der Waals surface area contributed by atoms with Crippen molar-refractivity contribution in [2.45, 2.75) is 38.2 Å². The van der Waals surface area contributed by atoms with Crippen molar-refractivity contribution in [2.75, 3.05) is 18.6 Å². The molecule has 0 aromatic carbocycles. The molecule has 1 aliphatic carbocycles. The Morgan fingerprint density at radius 3 is 3.00 bits per heavy atom. The summed E-state index contributed by atoms with van der Waals surface area (Å²) in [5.74, 6) is 1.07. The van der Waals surface area contributed by atoms with Crippen LogP contribution in [-0.4, -0.2) is 35.2 Å². The molecule has 0 radical (unpaired) electrons. The molecule has 0 bridgehead atoms. The topological polar surface area (TPSA) is 49.3 Å². The van der Waals surface area contributed by atoms with Gasteiger partial charge in [-0.25, -0.2) is 0 Å². The lowest BCUT2D eigenvalue weighted by molar-refractivity contribution is -0.120. The van der Waals surface area contributed by atoms with E-state index in [0.717, 1.165) is 19.3 Å². The molecule has 2 atom stereocenters. The summed E-state index contributed by atoms with van der Waals surface area (Å²) >= 11 is 1.50. The van der Waals surface area contributed by atoms with Gasteiger partial charge in [0.2, 0.25) is 5.91 Å². The summed E-state index contributed by atoms with van der Waals surface area (Å²) in [5, 5.41) is 13.0. The van der Waals surface area contributed by atoms with Gasteiger partial charge in [0.15, 0.2) is 0 Å². The van der Waals surface area contributed by atoms with E-state index >= 15 is 0 Å². The highest BCUT2D eigenvalue weighted by atomic mass is 32.2. The third-order valence-corrected chi connectivity index (χ3v) is 3.51. The molecule has 1 fully saturated rings. The molecular weight excluding hydrogens is 210 g/mol. The Hall–Kier alpha value is -0.220. The van der Waals surface area contributed by atoms with E-state index in [-0.39, 0.29) is 5.91 Å². The molecular formula is C11H21NO2S. The fourth-order valence-corrected chi connectivity index (χ4v) is 2.60. The Morgan fingerprint density at radius 2 is 2.40 bits per heavy atom. The van der Waals surface area contributed by atoms with Crippen LogP contribution in [0.3, 0.4) is 0 Å². The zero-order valence-electron chi connectivity index (χ0n) is 9.58. The van der Waals surface area contributed by atoms with Crippen LogP contribution in [-0.2, 0) is 4.79 Å². The second-order valence-electron chi connectivity index (χ2n) is 4.64. The average molecular weight is 231 g/mol. The Bertz CT molecular complexity index is 223. The van der Waals surface area contributed by atoms with Crippen LogP contribution in [0.15, 0.2) is 0 Å². The standard InChI is InChI=1S/C11H21NO2S/c1-9-4-3-5-11(14,6-9)8-12-10(13)7-15-2/h9,14H,3-8H2,1-2H3,(H,12,13). The van der Waals surface area contributed by atoms with Gasteiger partial charge < -0.3 is 10.4 Å². The van der Waals surface area contributed by atoms with Crippen molar-refractivity contribution in [1.82, 2.24) is 5.32 Å². The highest BCUT2D eigenvalue weighted by molar-refractivity contribution is 7.99. The first kappa shape index (κ1) is 12.8. The van der Waals surface area contributed by atoms with Crippen molar-refractivity contribution >= 4 is 17.7 Å². The van der Waals surface area contributed by atoms with Crippen LogP contribution in [0.1, 0.15) is 32.6 Å². The number of nitrogens with one attached hydrogen (secondary N) is 1. The van der Waals surface area contributed by atoms with Crippen molar-refractivity contribution in [2.24, 2.45) is 5.92 Å². The summed E-state index contributed by atoms with van der Waals surface area (Å²) < 4.78 is 0. The van der Waals surface area contributed by atoms with Gasteiger partial charge in [-0.05, 0) is 25.0 Å². The van der Waals surface area contributed by atoms with Gasteiger partial charge in [0.05, 0.1) is 11.4 Å². The van der Waals surface area contributed by atoms with Crippen LogP contribution in [0.4, 0.5) is 0 Å².